The van der Waals surface area contributed by atoms with Crippen LogP contribution < -0.4 is 16.0 Å². The molecule has 8 nitrogen and oxygen atoms in total. The molecule has 2 aromatic carbocycles. The number of carbonyl (C=O) groups excluding carboxylic acids is 4. The number of benzene rings is 2. The van der Waals surface area contributed by atoms with Crippen LogP contribution in [0.5, 0.6) is 0 Å². The highest BCUT2D eigenvalue weighted by atomic mass is 16.2. The SMILES string of the molecule is O=C1CCC(N2Cc3c(C(=O)Nc4ccc(C5CCNCC5)cc4)cccc3C2=O)C(=O)N1. The summed E-state index contributed by atoms with van der Waals surface area (Å²) < 4.78 is 0. The second-order valence-corrected chi connectivity index (χ2v) is 8.83. The van der Waals surface area contributed by atoms with Crippen molar-refractivity contribution in [1.29, 1.82) is 0 Å². The fourth-order valence-electron chi connectivity index (χ4n) is 4.99. The summed E-state index contributed by atoms with van der Waals surface area (Å²) >= 11 is 0. The molecule has 5 rings (SSSR count). The summed E-state index contributed by atoms with van der Waals surface area (Å²) in [6.45, 7) is 2.21. The van der Waals surface area contributed by atoms with Crippen LogP contribution in [0.25, 0.3) is 0 Å². The Bertz CT molecular complexity index is 1120. The highest BCUT2D eigenvalue weighted by Crippen LogP contribution is 2.31. The molecule has 3 aliphatic rings. The van der Waals surface area contributed by atoms with E-state index in [0.717, 1.165) is 25.9 Å². The fourth-order valence-corrected chi connectivity index (χ4v) is 4.99. The van der Waals surface area contributed by atoms with Gasteiger partial charge in [-0.2, -0.15) is 0 Å². The lowest BCUT2D eigenvalue weighted by atomic mass is 9.90. The van der Waals surface area contributed by atoms with Crippen LogP contribution in [0.15, 0.2) is 42.5 Å². The van der Waals surface area contributed by atoms with Gasteiger partial charge in [0.15, 0.2) is 0 Å². The molecule has 4 amide bonds. The van der Waals surface area contributed by atoms with Crippen LogP contribution in [-0.2, 0) is 16.1 Å². The third-order valence-electron chi connectivity index (χ3n) is 6.81. The molecule has 3 N–H and O–H groups in total. The Balaban J connectivity index is 1.31. The molecule has 0 aromatic heterocycles. The molecule has 2 aromatic rings. The third-order valence-corrected chi connectivity index (χ3v) is 6.81. The van der Waals surface area contributed by atoms with Gasteiger partial charge in [-0.05, 0) is 73.7 Å². The minimum Gasteiger partial charge on any atom is -0.322 e. The molecule has 2 fully saturated rings. The Morgan fingerprint density at radius 2 is 1.73 bits per heavy atom. The standard InChI is InChI=1S/C25H26N4O4/c30-22-9-8-21(24(32)28-22)29-14-20-18(2-1-3-19(20)25(29)33)23(31)27-17-6-4-15(5-7-17)16-10-12-26-13-11-16/h1-7,16,21,26H,8-14H2,(H,27,31)(H,28,30,32). The summed E-state index contributed by atoms with van der Waals surface area (Å²) in [4.78, 5) is 51.3. The van der Waals surface area contributed by atoms with Crippen molar-refractivity contribution in [2.75, 3.05) is 18.4 Å². The summed E-state index contributed by atoms with van der Waals surface area (Å²) in [5.41, 5.74) is 3.42. The normalized spacial score (nSPS) is 21.0. The van der Waals surface area contributed by atoms with Crippen molar-refractivity contribution < 1.29 is 19.2 Å². The molecule has 3 heterocycles. The number of anilines is 1. The number of amides is 4. The molecule has 33 heavy (non-hydrogen) atoms. The van der Waals surface area contributed by atoms with Gasteiger partial charge in [-0.15, -0.1) is 0 Å². The van der Waals surface area contributed by atoms with Crippen LogP contribution in [0.3, 0.4) is 0 Å². The van der Waals surface area contributed by atoms with Crippen molar-refractivity contribution in [3.8, 4) is 0 Å². The average Bonchev–Trinajstić information content (AvgIpc) is 3.16. The van der Waals surface area contributed by atoms with E-state index in [9.17, 15) is 19.2 Å². The van der Waals surface area contributed by atoms with Gasteiger partial charge in [0.25, 0.3) is 11.8 Å². The molecule has 3 aliphatic heterocycles. The molecule has 2 saturated heterocycles. The van der Waals surface area contributed by atoms with Crippen LogP contribution in [0.2, 0.25) is 0 Å². The molecule has 0 saturated carbocycles. The lowest BCUT2D eigenvalue weighted by Crippen LogP contribution is -2.52. The summed E-state index contributed by atoms with van der Waals surface area (Å²) in [7, 11) is 0. The van der Waals surface area contributed by atoms with Gasteiger partial charge in [0.05, 0.1) is 0 Å². The molecular formula is C25H26N4O4. The van der Waals surface area contributed by atoms with Gasteiger partial charge in [-0.1, -0.05) is 18.2 Å². The van der Waals surface area contributed by atoms with E-state index >= 15 is 0 Å². The Morgan fingerprint density at radius 1 is 0.970 bits per heavy atom. The highest BCUT2D eigenvalue weighted by molar-refractivity contribution is 6.10. The predicted molar refractivity (Wildman–Crippen MR) is 122 cm³/mol. The number of rotatable bonds is 4. The van der Waals surface area contributed by atoms with E-state index in [1.54, 1.807) is 18.2 Å². The maximum Gasteiger partial charge on any atom is 0.256 e. The first kappa shape index (κ1) is 21.3. The minimum atomic E-state index is -0.707. The van der Waals surface area contributed by atoms with Crippen LogP contribution in [0.1, 0.15) is 63.4 Å². The van der Waals surface area contributed by atoms with Crippen molar-refractivity contribution in [2.24, 2.45) is 0 Å². The lowest BCUT2D eigenvalue weighted by Gasteiger charge is -2.29. The second-order valence-electron chi connectivity index (χ2n) is 8.83. The van der Waals surface area contributed by atoms with Crippen LogP contribution in [-0.4, -0.2) is 47.7 Å². The van der Waals surface area contributed by atoms with Gasteiger partial charge in [0.1, 0.15) is 6.04 Å². The summed E-state index contributed by atoms with van der Waals surface area (Å²) in [6, 6.07) is 12.3. The molecule has 1 unspecified atom stereocenters. The van der Waals surface area contributed by atoms with Gasteiger partial charge in [0, 0.05) is 29.8 Å². The van der Waals surface area contributed by atoms with E-state index in [2.05, 4.69) is 28.1 Å². The van der Waals surface area contributed by atoms with Crippen molar-refractivity contribution in [1.82, 2.24) is 15.5 Å². The van der Waals surface area contributed by atoms with Crippen molar-refractivity contribution in [2.45, 2.75) is 44.2 Å². The third kappa shape index (κ3) is 4.14. The van der Waals surface area contributed by atoms with Gasteiger partial charge in [-0.3, -0.25) is 24.5 Å². The van der Waals surface area contributed by atoms with Crippen LogP contribution >= 0.6 is 0 Å². The van der Waals surface area contributed by atoms with Crippen molar-refractivity contribution in [3.63, 3.8) is 0 Å². The number of imide groups is 1. The number of piperidine rings is 2. The number of hydrogen-bond acceptors (Lipinski definition) is 5. The van der Waals surface area contributed by atoms with Gasteiger partial charge >= 0.3 is 0 Å². The van der Waals surface area contributed by atoms with Crippen LogP contribution in [0, 0.1) is 0 Å². The largest absolute Gasteiger partial charge is 0.322 e. The van der Waals surface area contributed by atoms with Gasteiger partial charge < -0.3 is 15.5 Å². The van der Waals surface area contributed by atoms with E-state index in [4.69, 9.17) is 0 Å². The molecule has 1 atom stereocenters. The quantitative estimate of drug-likeness (QED) is 0.624. The number of carbonyl (C=O) groups is 4. The highest BCUT2D eigenvalue weighted by Gasteiger charge is 2.40. The first-order chi connectivity index (χ1) is 16.0. The van der Waals surface area contributed by atoms with Crippen LogP contribution in [0.4, 0.5) is 5.69 Å². The number of hydrogen-bond donors (Lipinski definition) is 3. The van der Waals surface area contributed by atoms with E-state index in [1.807, 2.05) is 12.1 Å². The second kappa shape index (κ2) is 8.78. The lowest BCUT2D eigenvalue weighted by molar-refractivity contribution is -0.136. The Hall–Kier alpha value is -3.52. The Labute approximate surface area is 191 Å². The zero-order valence-corrected chi connectivity index (χ0v) is 18.2. The fraction of sp³-hybridized carbons (Fsp3) is 0.360. The topological polar surface area (TPSA) is 108 Å². The van der Waals surface area contributed by atoms with Gasteiger partial charge in [0.2, 0.25) is 11.8 Å². The molecule has 0 bridgehead atoms. The predicted octanol–water partition coefficient (Wildman–Crippen LogP) is 2.17. The molecule has 0 radical (unpaired) electrons. The Morgan fingerprint density at radius 3 is 2.45 bits per heavy atom. The Kier molecular flexibility index (Phi) is 5.68. The van der Waals surface area contributed by atoms with E-state index in [1.165, 1.54) is 10.5 Å². The van der Waals surface area contributed by atoms with E-state index < -0.39 is 11.9 Å². The molecular weight excluding hydrogens is 420 g/mol. The van der Waals surface area contributed by atoms with E-state index in [-0.39, 0.29) is 37.1 Å². The maximum absolute atomic E-state index is 13.1. The molecule has 8 heteroatoms. The minimum absolute atomic E-state index is 0.165. The smallest absolute Gasteiger partial charge is 0.256 e. The first-order valence-corrected chi connectivity index (χ1v) is 11.4. The molecule has 0 spiro atoms. The molecule has 170 valence electrons. The summed E-state index contributed by atoms with van der Waals surface area (Å²) in [5.74, 6) is -0.837. The monoisotopic (exact) mass is 446 g/mol. The number of nitrogens with one attached hydrogen (secondary N) is 3. The van der Waals surface area contributed by atoms with E-state index in [0.29, 0.717) is 28.3 Å². The zero-order valence-electron chi connectivity index (χ0n) is 18.2. The number of nitrogens with zero attached hydrogens (tertiary/aromatic N) is 1. The average molecular weight is 447 g/mol. The first-order valence-electron chi connectivity index (χ1n) is 11.4. The van der Waals surface area contributed by atoms with Gasteiger partial charge in [-0.25, -0.2) is 0 Å². The molecule has 0 aliphatic carbocycles. The summed E-state index contributed by atoms with van der Waals surface area (Å²) in [6.07, 6.45) is 2.70. The zero-order chi connectivity index (χ0) is 22.9. The maximum atomic E-state index is 13.1. The van der Waals surface area contributed by atoms with Crippen molar-refractivity contribution in [3.05, 3.63) is 64.7 Å². The summed E-state index contributed by atoms with van der Waals surface area (Å²) in [5, 5.41) is 8.60. The number of fused-ring (bicyclic) bond motifs is 1. The van der Waals surface area contributed by atoms with Crippen molar-refractivity contribution >= 4 is 29.3 Å².